The minimum Gasteiger partial charge on any atom is -0.334 e. The van der Waals surface area contributed by atoms with Gasteiger partial charge in [0.25, 0.3) is 5.91 Å². The van der Waals surface area contributed by atoms with Crippen molar-refractivity contribution in [1.29, 1.82) is 0 Å². The van der Waals surface area contributed by atoms with Gasteiger partial charge in [-0.05, 0) is 53.1 Å². The van der Waals surface area contributed by atoms with Crippen LogP contribution in [0.1, 0.15) is 29.3 Å². The number of carbonyl (C=O) groups is 1. The predicted molar refractivity (Wildman–Crippen MR) is 80.8 cm³/mol. The molecule has 100 valence electrons. The Hall–Kier alpha value is -1.32. The van der Waals surface area contributed by atoms with Gasteiger partial charge in [-0.1, -0.05) is 18.5 Å². The number of amides is 1. The van der Waals surface area contributed by atoms with Crippen molar-refractivity contribution in [3.05, 3.63) is 57.2 Å². The molecule has 0 aliphatic heterocycles. The summed E-state index contributed by atoms with van der Waals surface area (Å²) in [5.74, 6) is 0.0599. The molecular weight excluding hydrogens is 278 g/mol. The van der Waals surface area contributed by atoms with Crippen molar-refractivity contribution >= 4 is 28.8 Å². The van der Waals surface area contributed by atoms with E-state index in [4.69, 9.17) is 11.6 Å². The van der Waals surface area contributed by atoms with Gasteiger partial charge in [0, 0.05) is 23.7 Å². The molecule has 0 bridgehead atoms. The lowest BCUT2D eigenvalue weighted by atomic mass is 10.2. The van der Waals surface area contributed by atoms with Crippen molar-refractivity contribution < 1.29 is 4.79 Å². The SMILES string of the molecule is CCCN(Cc1ccsc1)C(=O)c1ccc(Cl)cc1. The van der Waals surface area contributed by atoms with E-state index in [0.717, 1.165) is 13.0 Å². The minimum atomic E-state index is 0.0599. The van der Waals surface area contributed by atoms with Crippen LogP contribution in [0.4, 0.5) is 0 Å². The van der Waals surface area contributed by atoms with Crippen LogP contribution in [0, 0.1) is 0 Å². The van der Waals surface area contributed by atoms with E-state index in [1.54, 1.807) is 35.6 Å². The van der Waals surface area contributed by atoms with Crippen LogP contribution in [-0.4, -0.2) is 17.4 Å². The molecule has 19 heavy (non-hydrogen) atoms. The van der Waals surface area contributed by atoms with Crippen molar-refractivity contribution in [1.82, 2.24) is 4.90 Å². The first kappa shape index (κ1) is 14.1. The van der Waals surface area contributed by atoms with Gasteiger partial charge in [0.1, 0.15) is 0 Å². The van der Waals surface area contributed by atoms with E-state index in [9.17, 15) is 4.79 Å². The molecule has 0 aliphatic carbocycles. The molecule has 1 aromatic carbocycles. The van der Waals surface area contributed by atoms with Crippen LogP contribution in [-0.2, 0) is 6.54 Å². The zero-order valence-corrected chi connectivity index (χ0v) is 12.4. The summed E-state index contributed by atoms with van der Waals surface area (Å²) in [5.41, 5.74) is 1.87. The standard InChI is InChI=1S/C15H16ClNOS/c1-2-8-17(10-12-7-9-19-11-12)15(18)13-3-5-14(16)6-4-13/h3-7,9,11H,2,8,10H2,1H3. The third kappa shape index (κ3) is 3.82. The zero-order valence-electron chi connectivity index (χ0n) is 10.8. The summed E-state index contributed by atoms with van der Waals surface area (Å²) in [6, 6.07) is 9.12. The highest BCUT2D eigenvalue weighted by molar-refractivity contribution is 7.07. The second-order valence-corrected chi connectivity index (χ2v) is 5.58. The number of rotatable bonds is 5. The summed E-state index contributed by atoms with van der Waals surface area (Å²) in [7, 11) is 0. The average molecular weight is 294 g/mol. The van der Waals surface area contributed by atoms with Crippen LogP contribution in [0.5, 0.6) is 0 Å². The molecule has 0 radical (unpaired) electrons. The van der Waals surface area contributed by atoms with Gasteiger partial charge in [0.05, 0.1) is 0 Å². The Bertz CT molecular complexity index is 522. The summed E-state index contributed by atoms with van der Waals surface area (Å²) in [6.07, 6.45) is 0.948. The van der Waals surface area contributed by atoms with Gasteiger partial charge in [-0.2, -0.15) is 11.3 Å². The van der Waals surface area contributed by atoms with Gasteiger partial charge >= 0.3 is 0 Å². The van der Waals surface area contributed by atoms with E-state index in [1.807, 2.05) is 10.3 Å². The van der Waals surface area contributed by atoms with Crippen molar-refractivity contribution in [2.75, 3.05) is 6.54 Å². The third-order valence-corrected chi connectivity index (χ3v) is 3.81. The van der Waals surface area contributed by atoms with E-state index >= 15 is 0 Å². The lowest BCUT2D eigenvalue weighted by Gasteiger charge is -2.21. The molecule has 0 aliphatic rings. The van der Waals surface area contributed by atoms with Crippen molar-refractivity contribution in [3.8, 4) is 0 Å². The Morgan fingerprint density at radius 2 is 2.00 bits per heavy atom. The van der Waals surface area contributed by atoms with Crippen LogP contribution in [0.3, 0.4) is 0 Å². The molecule has 4 heteroatoms. The van der Waals surface area contributed by atoms with Crippen LogP contribution >= 0.6 is 22.9 Å². The molecule has 2 aromatic rings. The molecule has 0 N–H and O–H groups in total. The first-order valence-electron chi connectivity index (χ1n) is 6.26. The predicted octanol–water partition coefficient (Wildman–Crippen LogP) is 4.45. The summed E-state index contributed by atoms with van der Waals surface area (Å²) in [4.78, 5) is 14.3. The normalized spacial score (nSPS) is 10.4. The fourth-order valence-corrected chi connectivity index (χ4v) is 2.69. The van der Waals surface area contributed by atoms with Gasteiger partial charge in [-0.15, -0.1) is 0 Å². The quantitative estimate of drug-likeness (QED) is 0.797. The molecule has 1 amide bonds. The molecule has 0 unspecified atom stereocenters. The van der Waals surface area contributed by atoms with E-state index in [2.05, 4.69) is 18.4 Å². The smallest absolute Gasteiger partial charge is 0.254 e. The molecular formula is C15H16ClNOS. The van der Waals surface area contributed by atoms with Gasteiger partial charge in [-0.3, -0.25) is 4.79 Å². The highest BCUT2D eigenvalue weighted by Gasteiger charge is 2.15. The van der Waals surface area contributed by atoms with Crippen molar-refractivity contribution in [3.63, 3.8) is 0 Å². The van der Waals surface area contributed by atoms with Gasteiger partial charge in [0.2, 0.25) is 0 Å². The Morgan fingerprint density at radius 1 is 1.26 bits per heavy atom. The Labute approximate surface area is 122 Å². The molecule has 0 saturated heterocycles. The zero-order chi connectivity index (χ0) is 13.7. The molecule has 1 aromatic heterocycles. The Morgan fingerprint density at radius 3 is 2.58 bits per heavy atom. The average Bonchev–Trinajstić information content (AvgIpc) is 2.91. The molecule has 1 heterocycles. The molecule has 2 rings (SSSR count). The molecule has 0 saturated carbocycles. The number of nitrogens with zero attached hydrogens (tertiary/aromatic N) is 1. The molecule has 0 spiro atoms. The first-order valence-corrected chi connectivity index (χ1v) is 7.58. The maximum Gasteiger partial charge on any atom is 0.254 e. The second kappa shape index (κ2) is 6.73. The molecule has 0 atom stereocenters. The molecule has 2 nitrogen and oxygen atoms in total. The fourth-order valence-electron chi connectivity index (χ4n) is 1.90. The Balaban J connectivity index is 2.13. The third-order valence-electron chi connectivity index (χ3n) is 2.83. The summed E-state index contributed by atoms with van der Waals surface area (Å²) < 4.78 is 0. The van der Waals surface area contributed by atoms with Crippen molar-refractivity contribution in [2.45, 2.75) is 19.9 Å². The van der Waals surface area contributed by atoms with E-state index < -0.39 is 0 Å². The van der Waals surface area contributed by atoms with Gasteiger partial charge < -0.3 is 4.90 Å². The Kier molecular flexibility index (Phi) is 5.00. The topological polar surface area (TPSA) is 20.3 Å². The monoisotopic (exact) mass is 293 g/mol. The van der Waals surface area contributed by atoms with Crippen molar-refractivity contribution in [2.24, 2.45) is 0 Å². The molecule has 0 fully saturated rings. The number of carbonyl (C=O) groups excluding carboxylic acids is 1. The largest absolute Gasteiger partial charge is 0.334 e. The summed E-state index contributed by atoms with van der Waals surface area (Å²) in [6.45, 7) is 3.51. The minimum absolute atomic E-state index is 0.0599. The van der Waals surface area contributed by atoms with E-state index in [0.29, 0.717) is 17.1 Å². The van der Waals surface area contributed by atoms with E-state index in [1.165, 1.54) is 5.56 Å². The van der Waals surface area contributed by atoms with Crippen LogP contribution in [0.15, 0.2) is 41.1 Å². The maximum atomic E-state index is 12.5. The highest BCUT2D eigenvalue weighted by atomic mass is 35.5. The van der Waals surface area contributed by atoms with Gasteiger partial charge in [0.15, 0.2) is 0 Å². The van der Waals surface area contributed by atoms with Crippen LogP contribution in [0.25, 0.3) is 0 Å². The lowest BCUT2D eigenvalue weighted by Crippen LogP contribution is -2.31. The summed E-state index contributed by atoms with van der Waals surface area (Å²) in [5, 5.41) is 4.76. The van der Waals surface area contributed by atoms with Crippen LogP contribution < -0.4 is 0 Å². The van der Waals surface area contributed by atoms with E-state index in [-0.39, 0.29) is 5.91 Å². The number of benzene rings is 1. The fraction of sp³-hybridized carbons (Fsp3) is 0.267. The van der Waals surface area contributed by atoms with Gasteiger partial charge in [-0.25, -0.2) is 0 Å². The van der Waals surface area contributed by atoms with Crippen LogP contribution in [0.2, 0.25) is 5.02 Å². The number of hydrogen-bond acceptors (Lipinski definition) is 2. The first-order chi connectivity index (χ1) is 9.20. The summed E-state index contributed by atoms with van der Waals surface area (Å²) >= 11 is 7.50. The highest BCUT2D eigenvalue weighted by Crippen LogP contribution is 2.15. The number of thiophene rings is 1. The second-order valence-electron chi connectivity index (χ2n) is 4.37. The maximum absolute atomic E-state index is 12.5. The lowest BCUT2D eigenvalue weighted by molar-refractivity contribution is 0.0743. The number of hydrogen-bond donors (Lipinski definition) is 0. The number of halogens is 1.